The number of benzene rings is 1. The Bertz CT molecular complexity index is 555. The van der Waals surface area contributed by atoms with Crippen LogP contribution in [0, 0.1) is 13.8 Å². The van der Waals surface area contributed by atoms with Crippen LogP contribution in [0.2, 0.25) is 0 Å². The number of thioether (sulfide) groups is 1. The summed E-state index contributed by atoms with van der Waals surface area (Å²) in [5.41, 5.74) is 1.75. The highest BCUT2D eigenvalue weighted by molar-refractivity contribution is 7.99. The van der Waals surface area contributed by atoms with Gasteiger partial charge in [0.1, 0.15) is 5.54 Å². The maximum Gasteiger partial charge on any atom is 0.325 e. The van der Waals surface area contributed by atoms with E-state index in [1.165, 1.54) is 20.9 Å². The van der Waals surface area contributed by atoms with Crippen LogP contribution in [-0.2, 0) is 4.79 Å². The van der Waals surface area contributed by atoms with Crippen molar-refractivity contribution < 1.29 is 9.59 Å². The Balaban J connectivity index is 1.92. The zero-order valence-electron chi connectivity index (χ0n) is 12.3. The van der Waals surface area contributed by atoms with Crippen LogP contribution in [-0.4, -0.2) is 34.7 Å². The minimum Gasteiger partial charge on any atom is -0.324 e. The summed E-state index contributed by atoms with van der Waals surface area (Å²) in [6, 6.07) is 6.01. The number of carbonyl (C=O) groups excluding carboxylic acids is 2. The molecule has 0 atom stereocenters. The van der Waals surface area contributed by atoms with E-state index in [1.54, 1.807) is 25.6 Å². The second-order valence-corrected chi connectivity index (χ2v) is 6.77. The average Bonchev–Trinajstić information content (AvgIpc) is 2.55. The maximum absolute atomic E-state index is 12.0. The van der Waals surface area contributed by atoms with Gasteiger partial charge < -0.3 is 5.32 Å². The van der Waals surface area contributed by atoms with Crippen molar-refractivity contribution in [3.05, 3.63) is 29.3 Å². The first-order valence-electron chi connectivity index (χ1n) is 6.65. The Morgan fingerprint density at radius 2 is 1.90 bits per heavy atom. The summed E-state index contributed by atoms with van der Waals surface area (Å²) in [6.45, 7) is 8.05. The van der Waals surface area contributed by atoms with Crippen LogP contribution < -0.4 is 5.32 Å². The van der Waals surface area contributed by atoms with Gasteiger partial charge in [0.15, 0.2) is 0 Å². The average molecular weight is 292 g/mol. The molecular weight excluding hydrogens is 272 g/mol. The number of imide groups is 1. The van der Waals surface area contributed by atoms with Crippen LogP contribution in [0.25, 0.3) is 0 Å². The van der Waals surface area contributed by atoms with Gasteiger partial charge in [-0.1, -0.05) is 6.07 Å². The third-order valence-corrected chi connectivity index (χ3v) is 4.48. The van der Waals surface area contributed by atoms with Crippen LogP contribution in [0.4, 0.5) is 4.79 Å². The van der Waals surface area contributed by atoms with E-state index in [-0.39, 0.29) is 11.9 Å². The Morgan fingerprint density at radius 3 is 2.45 bits per heavy atom. The molecule has 0 aromatic heterocycles. The van der Waals surface area contributed by atoms with Gasteiger partial charge in [-0.2, -0.15) is 0 Å². The van der Waals surface area contributed by atoms with E-state index in [1.807, 2.05) is 0 Å². The van der Waals surface area contributed by atoms with Crippen LogP contribution in [0.5, 0.6) is 0 Å². The van der Waals surface area contributed by atoms with Crippen molar-refractivity contribution in [2.45, 2.75) is 38.1 Å². The molecule has 1 fully saturated rings. The third-order valence-electron chi connectivity index (χ3n) is 3.51. The van der Waals surface area contributed by atoms with Gasteiger partial charge >= 0.3 is 6.03 Å². The molecule has 1 saturated heterocycles. The molecule has 0 bridgehead atoms. The molecule has 0 unspecified atom stereocenters. The molecule has 4 nitrogen and oxygen atoms in total. The fourth-order valence-corrected chi connectivity index (χ4v) is 3.01. The molecule has 1 aromatic carbocycles. The molecular formula is C15H20N2O2S. The molecule has 20 heavy (non-hydrogen) atoms. The number of amides is 3. The highest BCUT2D eigenvalue weighted by Gasteiger charge is 2.43. The number of hydrogen-bond acceptors (Lipinski definition) is 3. The summed E-state index contributed by atoms with van der Waals surface area (Å²) in [7, 11) is 0. The molecule has 1 heterocycles. The van der Waals surface area contributed by atoms with Gasteiger partial charge in [0.2, 0.25) is 0 Å². The molecule has 5 heteroatoms. The smallest absolute Gasteiger partial charge is 0.324 e. The lowest BCUT2D eigenvalue weighted by Gasteiger charge is -2.15. The first-order chi connectivity index (χ1) is 9.31. The summed E-state index contributed by atoms with van der Waals surface area (Å²) in [4.78, 5) is 26.2. The standard InChI is InChI=1S/C15H20N2O2S/c1-10-5-6-12(9-11(10)2)20-8-7-17-13(18)15(3,4)16-14(17)19/h5-6,9H,7-8H2,1-4H3,(H,16,19). The van der Waals surface area contributed by atoms with Gasteiger partial charge in [0.25, 0.3) is 5.91 Å². The molecule has 1 aromatic rings. The van der Waals surface area contributed by atoms with Crippen LogP contribution in [0.15, 0.2) is 23.1 Å². The van der Waals surface area contributed by atoms with E-state index in [0.717, 1.165) is 0 Å². The van der Waals surface area contributed by atoms with E-state index in [0.29, 0.717) is 12.3 Å². The van der Waals surface area contributed by atoms with Gasteiger partial charge in [0.05, 0.1) is 0 Å². The molecule has 0 radical (unpaired) electrons. The van der Waals surface area contributed by atoms with Crippen LogP contribution in [0.3, 0.4) is 0 Å². The number of hydrogen-bond donors (Lipinski definition) is 1. The largest absolute Gasteiger partial charge is 0.325 e. The van der Waals surface area contributed by atoms with Gasteiger partial charge in [-0.25, -0.2) is 4.79 Å². The van der Waals surface area contributed by atoms with Crippen molar-refractivity contribution in [1.29, 1.82) is 0 Å². The molecule has 108 valence electrons. The lowest BCUT2D eigenvalue weighted by Crippen LogP contribution is -2.40. The first kappa shape index (κ1) is 14.9. The molecule has 1 aliphatic rings. The Morgan fingerprint density at radius 1 is 1.20 bits per heavy atom. The number of urea groups is 1. The van der Waals surface area contributed by atoms with Gasteiger partial charge in [0, 0.05) is 17.2 Å². The van der Waals surface area contributed by atoms with E-state index < -0.39 is 5.54 Å². The number of aryl methyl sites for hydroxylation is 2. The Kier molecular flexibility index (Phi) is 4.09. The number of nitrogens with zero attached hydrogens (tertiary/aromatic N) is 1. The molecule has 3 amide bonds. The summed E-state index contributed by atoms with van der Waals surface area (Å²) < 4.78 is 0. The molecule has 1 N–H and O–H groups in total. The van der Waals surface area contributed by atoms with E-state index in [2.05, 4.69) is 37.4 Å². The van der Waals surface area contributed by atoms with Crippen LogP contribution in [0.1, 0.15) is 25.0 Å². The van der Waals surface area contributed by atoms with Crippen LogP contribution >= 0.6 is 11.8 Å². The number of nitrogens with one attached hydrogen (secondary N) is 1. The normalized spacial score (nSPS) is 17.5. The minimum atomic E-state index is -0.776. The van der Waals surface area contributed by atoms with E-state index >= 15 is 0 Å². The quantitative estimate of drug-likeness (QED) is 0.685. The first-order valence-corrected chi connectivity index (χ1v) is 7.64. The van der Waals surface area contributed by atoms with Crippen molar-refractivity contribution in [2.24, 2.45) is 0 Å². The molecule has 0 saturated carbocycles. The Labute approximate surface area is 123 Å². The second-order valence-electron chi connectivity index (χ2n) is 5.61. The third kappa shape index (κ3) is 2.98. The van der Waals surface area contributed by atoms with Crippen molar-refractivity contribution in [3.8, 4) is 0 Å². The molecule has 2 rings (SSSR count). The maximum atomic E-state index is 12.0. The topological polar surface area (TPSA) is 49.4 Å². The molecule has 0 aliphatic carbocycles. The predicted molar refractivity (Wildman–Crippen MR) is 81.0 cm³/mol. The highest BCUT2D eigenvalue weighted by atomic mass is 32.2. The zero-order valence-corrected chi connectivity index (χ0v) is 13.1. The van der Waals surface area contributed by atoms with Gasteiger partial charge in [-0.05, 0) is 51.0 Å². The molecule has 0 spiro atoms. The number of rotatable bonds is 4. The second kappa shape index (κ2) is 5.48. The van der Waals surface area contributed by atoms with Gasteiger partial charge in [-0.3, -0.25) is 9.69 Å². The van der Waals surface area contributed by atoms with Crippen molar-refractivity contribution in [1.82, 2.24) is 10.2 Å². The monoisotopic (exact) mass is 292 g/mol. The summed E-state index contributed by atoms with van der Waals surface area (Å²) in [5.74, 6) is 0.556. The fraction of sp³-hybridized carbons (Fsp3) is 0.467. The van der Waals surface area contributed by atoms with Crippen molar-refractivity contribution in [2.75, 3.05) is 12.3 Å². The van der Waals surface area contributed by atoms with Crippen molar-refractivity contribution >= 4 is 23.7 Å². The number of carbonyl (C=O) groups is 2. The SMILES string of the molecule is Cc1ccc(SCCN2C(=O)NC(C)(C)C2=O)cc1C. The summed E-state index contributed by atoms with van der Waals surface area (Å²) in [5, 5.41) is 2.69. The zero-order chi connectivity index (χ0) is 14.9. The van der Waals surface area contributed by atoms with E-state index in [9.17, 15) is 9.59 Å². The summed E-state index contributed by atoms with van der Waals surface area (Å²) in [6.07, 6.45) is 0. The lowest BCUT2D eigenvalue weighted by atomic mass is 10.1. The lowest BCUT2D eigenvalue weighted by molar-refractivity contribution is -0.130. The molecule has 1 aliphatic heterocycles. The highest BCUT2D eigenvalue weighted by Crippen LogP contribution is 2.22. The Hall–Kier alpha value is -1.49. The minimum absolute atomic E-state index is 0.150. The van der Waals surface area contributed by atoms with Crippen molar-refractivity contribution in [3.63, 3.8) is 0 Å². The predicted octanol–water partition coefficient (Wildman–Crippen LogP) is 2.73. The fourth-order valence-electron chi connectivity index (χ4n) is 2.08. The van der Waals surface area contributed by atoms with Gasteiger partial charge in [-0.15, -0.1) is 11.8 Å². The summed E-state index contributed by atoms with van der Waals surface area (Å²) >= 11 is 1.66. The van der Waals surface area contributed by atoms with E-state index in [4.69, 9.17) is 0 Å².